The van der Waals surface area contributed by atoms with Crippen LogP contribution in [0, 0.1) is 0 Å². The number of nitrogens with two attached hydrogens (primary N) is 1. The molecule has 0 bridgehead atoms. The average molecular weight is 172 g/mol. The van der Waals surface area contributed by atoms with Gasteiger partial charge in [-0.2, -0.15) is 0 Å². The van der Waals surface area contributed by atoms with Crippen molar-refractivity contribution >= 4 is 5.91 Å². The van der Waals surface area contributed by atoms with E-state index < -0.39 is 12.1 Å². The molecular formula is C8H16N2O2. The molecule has 0 fully saturated rings. The summed E-state index contributed by atoms with van der Waals surface area (Å²) in [7, 11) is 0. The predicted molar refractivity (Wildman–Crippen MR) is 47.5 cm³/mol. The van der Waals surface area contributed by atoms with Gasteiger partial charge in [0.15, 0.2) is 0 Å². The fourth-order valence-corrected chi connectivity index (χ4v) is 0.666. The monoisotopic (exact) mass is 172 g/mol. The first-order valence-electron chi connectivity index (χ1n) is 3.90. The van der Waals surface area contributed by atoms with E-state index in [2.05, 4.69) is 11.9 Å². The minimum Gasteiger partial charge on any atom is -0.392 e. The smallest absolute Gasteiger partial charge is 0.237 e. The minimum atomic E-state index is -0.554. The number of carbonyl (C=O) groups excluding carboxylic acids is 1. The molecule has 0 aromatic carbocycles. The molecular weight excluding hydrogens is 156 g/mol. The van der Waals surface area contributed by atoms with Crippen LogP contribution in [-0.2, 0) is 4.79 Å². The number of carbonyl (C=O) groups is 1. The molecule has 0 aliphatic heterocycles. The van der Waals surface area contributed by atoms with E-state index in [1.807, 2.05) is 0 Å². The highest BCUT2D eigenvalue weighted by molar-refractivity contribution is 5.81. The van der Waals surface area contributed by atoms with E-state index in [0.717, 1.165) is 0 Å². The molecule has 0 aromatic rings. The summed E-state index contributed by atoms with van der Waals surface area (Å²) >= 11 is 0. The maximum absolute atomic E-state index is 11.0. The zero-order chi connectivity index (χ0) is 9.56. The van der Waals surface area contributed by atoms with Crippen LogP contribution in [0.2, 0.25) is 0 Å². The van der Waals surface area contributed by atoms with Crippen molar-refractivity contribution in [3.05, 3.63) is 12.7 Å². The second-order valence-electron chi connectivity index (χ2n) is 2.73. The quantitative estimate of drug-likeness (QED) is 0.484. The van der Waals surface area contributed by atoms with Crippen LogP contribution in [0.1, 0.15) is 13.3 Å². The molecule has 4 nitrogen and oxygen atoms in total. The lowest BCUT2D eigenvalue weighted by molar-refractivity contribution is -0.122. The summed E-state index contributed by atoms with van der Waals surface area (Å²) in [6.45, 7) is 5.31. The first-order chi connectivity index (χ1) is 5.57. The Morgan fingerprint density at radius 3 is 2.83 bits per heavy atom. The first kappa shape index (κ1) is 11.1. The summed E-state index contributed by atoms with van der Waals surface area (Å²) in [6.07, 6.45) is 1.50. The second-order valence-corrected chi connectivity index (χ2v) is 2.73. The minimum absolute atomic E-state index is 0.240. The van der Waals surface area contributed by atoms with Crippen molar-refractivity contribution < 1.29 is 9.90 Å². The van der Waals surface area contributed by atoms with E-state index in [0.29, 0.717) is 6.42 Å². The Labute approximate surface area is 72.4 Å². The van der Waals surface area contributed by atoms with Gasteiger partial charge in [0.05, 0.1) is 12.1 Å². The van der Waals surface area contributed by atoms with Gasteiger partial charge < -0.3 is 16.2 Å². The van der Waals surface area contributed by atoms with Gasteiger partial charge in [-0.05, 0) is 13.3 Å². The average Bonchev–Trinajstić information content (AvgIpc) is 2.00. The molecule has 70 valence electrons. The molecule has 4 N–H and O–H groups in total. The van der Waals surface area contributed by atoms with E-state index in [1.165, 1.54) is 0 Å². The molecule has 0 spiro atoms. The van der Waals surface area contributed by atoms with Gasteiger partial charge >= 0.3 is 0 Å². The van der Waals surface area contributed by atoms with E-state index in [1.54, 1.807) is 13.0 Å². The van der Waals surface area contributed by atoms with Crippen molar-refractivity contribution in [1.29, 1.82) is 0 Å². The van der Waals surface area contributed by atoms with Gasteiger partial charge in [0.2, 0.25) is 5.91 Å². The maximum Gasteiger partial charge on any atom is 0.237 e. The summed E-state index contributed by atoms with van der Waals surface area (Å²) in [5.74, 6) is -0.254. The van der Waals surface area contributed by atoms with Gasteiger partial charge in [0.25, 0.3) is 0 Å². The molecule has 0 aliphatic carbocycles. The fourth-order valence-electron chi connectivity index (χ4n) is 0.666. The first-order valence-corrected chi connectivity index (χ1v) is 3.90. The number of hydrogen-bond donors (Lipinski definition) is 3. The molecule has 0 radical (unpaired) electrons. The number of aliphatic hydroxyl groups excluding tert-OH is 1. The second kappa shape index (κ2) is 5.74. The summed E-state index contributed by atoms with van der Waals surface area (Å²) in [5, 5.41) is 11.3. The fraction of sp³-hybridized carbons (Fsp3) is 0.625. The van der Waals surface area contributed by atoms with Crippen LogP contribution in [0.4, 0.5) is 0 Å². The lowest BCUT2D eigenvalue weighted by atomic mass is 10.2. The molecule has 1 amide bonds. The Bertz CT molecular complexity index is 157. The number of hydrogen-bond acceptors (Lipinski definition) is 3. The van der Waals surface area contributed by atoms with Crippen LogP contribution < -0.4 is 11.1 Å². The third-order valence-electron chi connectivity index (χ3n) is 1.33. The predicted octanol–water partition coefficient (Wildman–Crippen LogP) is -0.613. The van der Waals surface area contributed by atoms with Crippen molar-refractivity contribution in [3.63, 3.8) is 0 Å². The van der Waals surface area contributed by atoms with Gasteiger partial charge in [-0.15, -0.1) is 6.58 Å². The van der Waals surface area contributed by atoms with Crippen LogP contribution >= 0.6 is 0 Å². The Hall–Kier alpha value is -0.870. The summed E-state index contributed by atoms with van der Waals surface area (Å²) < 4.78 is 0. The lowest BCUT2D eigenvalue weighted by Gasteiger charge is -2.11. The van der Waals surface area contributed by atoms with Gasteiger partial charge in [0.1, 0.15) is 0 Å². The Morgan fingerprint density at radius 2 is 2.42 bits per heavy atom. The summed E-state index contributed by atoms with van der Waals surface area (Å²) in [6, 6.07) is -0.554. The number of aliphatic hydroxyl groups is 1. The van der Waals surface area contributed by atoms with Crippen LogP contribution in [-0.4, -0.2) is 29.7 Å². The van der Waals surface area contributed by atoms with Crippen LogP contribution in [0.5, 0.6) is 0 Å². The van der Waals surface area contributed by atoms with Gasteiger partial charge in [-0.1, -0.05) is 6.08 Å². The third-order valence-corrected chi connectivity index (χ3v) is 1.33. The normalized spacial score (nSPS) is 14.9. The molecule has 0 saturated heterocycles. The molecule has 12 heavy (non-hydrogen) atoms. The van der Waals surface area contributed by atoms with Gasteiger partial charge in [-0.25, -0.2) is 0 Å². The molecule has 1 unspecified atom stereocenters. The van der Waals surface area contributed by atoms with Crippen molar-refractivity contribution in [2.45, 2.75) is 25.5 Å². The lowest BCUT2D eigenvalue weighted by Crippen LogP contribution is -2.42. The van der Waals surface area contributed by atoms with Crippen molar-refractivity contribution in [1.82, 2.24) is 5.32 Å². The zero-order valence-corrected chi connectivity index (χ0v) is 7.29. The van der Waals surface area contributed by atoms with E-state index in [-0.39, 0.29) is 12.5 Å². The molecule has 4 heteroatoms. The Kier molecular flexibility index (Phi) is 5.32. The standard InChI is InChI=1S/C8H16N2O2/c1-3-4-7(9)8(12)10-5-6(2)11/h3,6-7,11H,1,4-5,9H2,2H3,(H,10,12)/t6-,7?/m0/s1. The Morgan fingerprint density at radius 1 is 1.83 bits per heavy atom. The molecule has 0 saturated carbocycles. The molecule has 0 aromatic heterocycles. The van der Waals surface area contributed by atoms with E-state index >= 15 is 0 Å². The van der Waals surface area contributed by atoms with E-state index in [4.69, 9.17) is 10.8 Å². The molecule has 2 atom stereocenters. The van der Waals surface area contributed by atoms with Gasteiger partial charge in [-0.3, -0.25) is 4.79 Å². The number of nitrogens with one attached hydrogen (secondary N) is 1. The van der Waals surface area contributed by atoms with Crippen LogP contribution in [0.15, 0.2) is 12.7 Å². The SMILES string of the molecule is C=CCC(N)C(=O)NC[C@H](C)O. The maximum atomic E-state index is 11.0. The van der Waals surface area contributed by atoms with Crippen molar-refractivity contribution in [2.24, 2.45) is 5.73 Å². The highest BCUT2D eigenvalue weighted by Crippen LogP contribution is 1.88. The highest BCUT2D eigenvalue weighted by Gasteiger charge is 2.10. The molecule has 0 aliphatic rings. The molecule has 0 heterocycles. The Balaban J connectivity index is 3.63. The van der Waals surface area contributed by atoms with Crippen molar-refractivity contribution in [3.8, 4) is 0 Å². The van der Waals surface area contributed by atoms with Crippen LogP contribution in [0.25, 0.3) is 0 Å². The summed E-state index contributed by atoms with van der Waals surface area (Å²) in [4.78, 5) is 11.0. The zero-order valence-electron chi connectivity index (χ0n) is 7.29. The topological polar surface area (TPSA) is 75.4 Å². The highest BCUT2D eigenvalue weighted by atomic mass is 16.3. The summed E-state index contributed by atoms with van der Waals surface area (Å²) in [5.41, 5.74) is 5.45. The van der Waals surface area contributed by atoms with Crippen LogP contribution in [0.3, 0.4) is 0 Å². The van der Waals surface area contributed by atoms with Gasteiger partial charge in [0, 0.05) is 6.54 Å². The number of amides is 1. The number of rotatable bonds is 5. The third kappa shape index (κ3) is 4.87. The van der Waals surface area contributed by atoms with E-state index in [9.17, 15) is 4.79 Å². The largest absolute Gasteiger partial charge is 0.392 e. The molecule has 0 rings (SSSR count). The van der Waals surface area contributed by atoms with Crippen molar-refractivity contribution in [2.75, 3.05) is 6.54 Å².